The molecule has 0 radical (unpaired) electrons. The second-order valence-electron chi connectivity index (χ2n) is 8.13. The topological polar surface area (TPSA) is 107 Å². The van der Waals surface area contributed by atoms with Gasteiger partial charge in [-0.25, -0.2) is 18.5 Å². The Kier molecular flexibility index (Phi) is 5.18. The molecule has 9 heteroatoms. The molecule has 2 aromatic rings. The summed E-state index contributed by atoms with van der Waals surface area (Å²) in [5.41, 5.74) is 1.35. The Balaban J connectivity index is 1.39. The van der Waals surface area contributed by atoms with Crippen molar-refractivity contribution in [3.05, 3.63) is 18.2 Å². The van der Waals surface area contributed by atoms with Crippen LogP contribution in [0.1, 0.15) is 32.6 Å². The molecule has 2 saturated carbocycles. The van der Waals surface area contributed by atoms with E-state index in [1.807, 2.05) is 11.6 Å². The average molecular weight is 423 g/mol. The summed E-state index contributed by atoms with van der Waals surface area (Å²) < 4.78 is 24.9. The second-order valence-corrected chi connectivity index (χ2v) is 10.6. The molecule has 0 spiro atoms. The van der Waals surface area contributed by atoms with Crippen molar-refractivity contribution in [2.75, 3.05) is 5.75 Å². The fourth-order valence-corrected chi connectivity index (χ4v) is 6.23. The Bertz CT molecular complexity index is 1020. The quantitative estimate of drug-likeness (QED) is 0.695. The zero-order chi connectivity index (χ0) is 20.1. The molecule has 1 heterocycles. The smallest absolute Gasteiger partial charge is 0.238 e. The largest absolute Gasteiger partial charge is 0.353 e. The molecule has 0 unspecified atom stereocenters. The molecule has 1 aromatic heterocycles. The Hall–Kier alpha value is -1.58. The summed E-state index contributed by atoms with van der Waals surface area (Å²) in [5, 5.41) is 9.03. The molecule has 2 bridgehead atoms. The molecule has 0 aliphatic heterocycles. The SMILES string of the molecule is C[C@H](NC(=O)CSc1nc2cc(S(N)(=O)=O)ccc2n1C)[C@@H]1C[C@@H]2CC[C@@H]1C2. The summed E-state index contributed by atoms with van der Waals surface area (Å²) in [5.74, 6) is 2.55. The van der Waals surface area contributed by atoms with Crippen LogP contribution in [0.5, 0.6) is 0 Å². The summed E-state index contributed by atoms with van der Waals surface area (Å²) in [6, 6.07) is 4.83. The van der Waals surface area contributed by atoms with Gasteiger partial charge in [-0.1, -0.05) is 18.2 Å². The van der Waals surface area contributed by atoms with Gasteiger partial charge in [-0.15, -0.1) is 0 Å². The first-order chi connectivity index (χ1) is 13.2. The molecule has 4 atom stereocenters. The third-order valence-corrected chi connectivity index (χ3v) is 8.24. The minimum absolute atomic E-state index is 0.0116. The summed E-state index contributed by atoms with van der Waals surface area (Å²) in [4.78, 5) is 16.9. The zero-order valence-electron chi connectivity index (χ0n) is 16.1. The van der Waals surface area contributed by atoms with Crippen LogP contribution in [0.2, 0.25) is 0 Å². The van der Waals surface area contributed by atoms with Crippen molar-refractivity contribution in [3.63, 3.8) is 0 Å². The number of sulfonamides is 1. The number of imidazole rings is 1. The normalized spacial score (nSPS) is 25.3. The molecule has 2 aliphatic carbocycles. The number of fused-ring (bicyclic) bond motifs is 3. The van der Waals surface area contributed by atoms with Crippen LogP contribution < -0.4 is 10.5 Å². The maximum absolute atomic E-state index is 12.4. The fraction of sp³-hybridized carbons (Fsp3) is 0.579. The van der Waals surface area contributed by atoms with Gasteiger partial charge in [-0.2, -0.15) is 0 Å². The Morgan fingerprint density at radius 1 is 1.39 bits per heavy atom. The molecule has 1 aromatic carbocycles. The van der Waals surface area contributed by atoms with Gasteiger partial charge in [0.2, 0.25) is 15.9 Å². The zero-order valence-corrected chi connectivity index (χ0v) is 17.7. The lowest BCUT2D eigenvalue weighted by atomic mass is 9.84. The molecule has 0 saturated heterocycles. The Labute approximate surface area is 169 Å². The van der Waals surface area contributed by atoms with Crippen molar-refractivity contribution >= 4 is 38.7 Å². The number of aryl methyl sites for hydroxylation is 1. The lowest BCUT2D eigenvalue weighted by molar-refractivity contribution is -0.119. The lowest BCUT2D eigenvalue weighted by Crippen LogP contribution is -2.40. The van der Waals surface area contributed by atoms with Gasteiger partial charge in [0.25, 0.3) is 0 Å². The van der Waals surface area contributed by atoms with Crippen molar-refractivity contribution in [2.24, 2.45) is 29.9 Å². The molecular weight excluding hydrogens is 396 g/mol. The molecule has 1 amide bonds. The number of benzene rings is 1. The molecule has 152 valence electrons. The van der Waals surface area contributed by atoms with Crippen molar-refractivity contribution < 1.29 is 13.2 Å². The predicted octanol–water partition coefficient (Wildman–Crippen LogP) is 2.25. The van der Waals surface area contributed by atoms with Crippen LogP contribution >= 0.6 is 11.8 Å². The highest BCUT2D eigenvalue weighted by atomic mass is 32.2. The Morgan fingerprint density at radius 3 is 2.82 bits per heavy atom. The minimum atomic E-state index is -3.77. The number of hydrogen-bond donors (Lipinski definition) is 2. The van der Waals surface area contributed by atoms with E-state index in [4.69, 9.17) is 5.14 Å². The average Bonchev–Trinajstić information content (AvgIpc) is 3.34. The van der Waals surface area contributed by atoms with Crippen LogP contribution in [0, 0.1) is 17.8 Å². The lowest BCUT2D eigenvalue weighted by Gasteiger charge is -2.28. The summed E-state index contributed by atoms with van der Waals surface area (Å²) in [6.07, 6.45) is 5.25. The molecule has 28 heavy (non-hydrogen) atoms. The third-order valence-electron chi connectivity index (χ3n) is 6.30. The third kappa shape index (κ3) is 3.79. The van der Waals surface area contributed by atoms with Crippen LogP contribution in [0.15, 0.2) is 28.3 Å². The number of carbonyl (C=O) groups is 1. The van der Waals surface area contributed by atoms with E-state index < -0.39 is 10.0 Å². The highest BCUT2D eigenvalue weighted by Gasteiger charge is 2.42. The van der Waals surface area contributed by atoms with Crippen LogP contribution in [-0.2, 0) is 21.9 Å². The molecule has 2 fully saturated rings. The summed E-state index contributed by atoms with van der Waals surface area (Å²) in [7, 11) is -1.92. The van der Waals surface area contributed by atoms with Crippen LogP contribution in [-0.4, -0.2) is 35.7 Å². The van der Waals surface area contributed by atoms with Crippen molar-refractivity contribution in [1.29, 1.82) is 0 Å². The number of rotatable bonds is 6. The highest BCUT2D eigenvalue weighted by Crippen LogP contribution is 2.49. The van der Waals surface area contributed by atoms with E-state index in [9.17, 15) is 13.2 Å². The number of aromatic nitrogens is 2. The molecular formula is C19H26N4O3S2. The van der Waals surface area contributed by atoms with E-state index in [-0.39, 0.29) is 22.6 Å². The van der Waals surface area contributed by atoms with Crippen molar-refractivity contribution in [2.45, 2.75) is 48.7 Å². The second kappa shape index (κ2) is 7.35. The van der Waals surface area contributed by atoms with Gasteiger partial charge in [0, 0.05) is 13.1 Å². The van der Waals surface area contributed by atoms with Gasteiger partial charge < -0.3 is 9.88 Å². The number of thioether (sulfide) groups is 1. The van der Waals surface area contributed by atoms with Crippen molar-refractivity contribution in [3.8, 4) is 0 Å². The standard InChI is InChI=1S/C19H26N4O3S2/c1-11(15-8-12-3-4-13(15)7-12)21-18(24)10-27-19-22-16-9-14(28(20,25)26)5-6-17(16)23(19)2/h5-6,9,11-13,15H,3-4,7-8,10H2,1-2H3,(H,21,24)(H2,20,25,26)/t11-,12+,13+,15-/m0/s1. The molecule has 2 aliphatic rings. The van der Waals surface area contributed by atoms with Crippen molar-refractivity contribution in [1.82, 2.24) is 14.9 Å². The number of nitrogens with zero attached hydrogens (tertiary/aromatic N) is 2. The molecule has 3 N–H and O–H groups in total. The number of nitrogens with one attached hydrogen (secondary N) is 1. The van der Waals surface area contributed by atoms with Gasteiger partial charge in [-0.05, 0) is 62.1 Å². The molecule has 7 nitrogen and oxygen atoms in total. The van der Waals surface area contributed by atoms with E-state index in [1.165, 1.54) is 49.6 Å². The maximum atomic E-state index is 12.4. The van der Waals surface area contributed by atoms with Gasteiger partial charge in [0.05, 0.1) is 21.7 Å². The number of amides is 1. The monoisotopic (exact) mass is 422 g/mol. The summed E-state index contributed by atoms with van der Waals surface area (Å²) in [6.45, 7) is 2.12. The summed E-state index contributed by atoms with van der Waals surface area (Å²) >= 11 is 1.35. The van der Waals surface area contributed by atoms with E-state index in [1.54, 1.807) is 6.07 Å². The number of hydrogen-bond acceptors (Lipinski definition) is 5. The number of nitrogens with two attached hydrogens (primary N) is 1. The van der Waals surface area contributed by atoms with Crippen LogP contribution in [0.3, 0.4) is 0 Å². The number of carbonyl (C=O) groups excluding carboxylic acids is 1. The highest BCUT2D eigenvalue weighted by molar-refractivity contribution is 7.99. The van der Waals surface area contributed by atoms with E-state index in [0.29, 0.717) is 16.6 Å². The maximum Gasteiger partial charge on any atom is 0.238 e. The van der Waals surface area contributed by atoms with E-state index in [2.05, 4.69) is 17.2 Å². The van der Waals surface area contributed by atoms with Gasteiger partial charge in [0.1, 0.15) is 0 Å². The van der Waals surface area contributed by atoms with Crippen LogP contribution in [0.4, 0.5) is 0 Å². The fourth-order valence-electron chi connectivity index (χ4n) is 4.90. The Morgan fingerprint density at radius 2 is 2.18 bits per heavy atom. The molecule has 4 rings (SSSR count). The predicted molar refractivity (Wildman–Crippen MR) is 109 cm³/mol. The van der Waals surface area contributed by atoms with Crippen LogP contribution in [0.25, 0.3) is 11.0 Å². The first kappa shape index (κ1) is 19.7. The van der Waals surface area contributed by atoms with Gasteiger partial charge >= 0.3 is 0 Å². The minimum Gasteiger partial charge on any atom is -0.353 e. The first-order valence-corrected chi connectivity index (χ1v) is 12.2. The first-order valence-electron chi connectivity index (χ1n) is 9.64. The van der Waals surface area contributed by atoms with Gasteiger partial charge in [0.15, 0.2) is 5.16 Å². The number of primary sulfonamides is 1. The van der Waals surface area contributed by atoms with Gasteiger partial charge in [-0.3, -0.25) is 4.79 Å². The van der Waals surface area contributed by atoms with E-state index >= 15 is 0 Å². The van der Waals surface area contributed by atoms with E-state index in [0.717, 1.165) is 17.4 Å².